The molecular weight excluding hydrogens is 386 g/mol. The molecule has 1 aliphatic heterocycles. The van der Waals surface area contributed by atoms with E-state index in [1.165, 1.54) is 5.56 Å². The summed E-state index contributed by atoms with van der Waals surface area (Å²) in [5, 5.41) is 2.30. The lowest BCUT2D eigenvalue weighted by Gasteiger charge is -2.35. The Morgan fingerprint density at radius 2 is 1.55 bits per heavy atom. The molecule has 1 amide bonds. The predicted octanol–water partition coefficient (Wildman–Crippen LogP) is 3.62. The highest BCUT2D eigenvalue weighted by Gasteiger charge is 2.20. The average Bonchev–Trinajstić information content (AvgIpc) is 2.80. The molecule has 3 aromatic rings. The van der Waals surface area contributed by atoms with Gasteiger partial charge in [0.2, 0.25) is 5.91 Å². The standard InChI is InChI=1S/C26H31N3O2/c1-27(18-22-8-9-24-17-25(31-2)11-10-23(24)16-22)26(30)20-29-14-12-28(13-15-29)19-21-6-4-3-5-7-21/h3-11,16-17H,12-15,18-20H2,1-2H3. The van der Waals surface area contributed by atoms with Crippen LogP contribution >= 0.6 is 0 Å². The molecule has 0 saturated carbocycles. The van der Waals surface area contributed by atoms with Gasteiger partial charge in [-0.2, -0.15) is 0 Å². The van der Waals surface area contributed by atoms with E-state index in [0.717, 1.165) is 54.8 Å². The van der Waals surface area contributed by atoms with Crippen molar-refractivity contribution in [3.05, 3.63) is 77.9 Å². The molecule has 1 fully saturated rings. The van der Waals surface area contributed by atoms with Gasteiger partial charge in [0.25, 0.3) is 0 Å². The van der Waals surface area contributed by atoms with Crippen LogP contribution in [0.3, 0.4) is 0 Å². The zero-order valence-electron chi connectivity index (χ0n) is 18.5. The summed E-state index contributed by atoms with van der Waals surface area (Å²) in [5.41, 5.74) is 2.49. The SMILES string of the molecule is COc1ccc2cc(CN(C)C(=O)CN3CCN(Cc4ccccc4)CC3)ccc2c1. The molecule has 4 rings (SSSR count). The second kappa shape index (κ2) is 9.94. The second-order valence-electron chi connectivity index (χ2n) is 8.34. The lowest BCUT2D eigenvalue weighted by atomic mass is 10.1. The molecule has 5 nitrogen and oxygen atoms in total. The first-order chi connectivity index (χ1) is 15.1. The number of rotatable bonds is 7. The molecular formula is C26H31N3O2. The van der Waals surface area contributed by atoms with Gasteiger partial charge in [0.05, 0.1) is 13.7 Å². The first-order valence-corrected chi connectivity index (χ1v) is 10.9. The lowest BCUT2D eigenvalue weighted by Crippen LogP contribution is -2.49. The van der Waals surface area contributed by atoms with Crippen molar-refractivity contribution >= 4 is 16.7 Å². The number of nitrogens with zero attached hydrogens (tertiary/aromatic N) is 3. The number of hydrogen-bond acceptors (Lipinski definition) is 4. The number of piperazine rings is 1. The monoisotopic (exact) mass is 417 g/mol. The maximum atomic E-state index is 12.8. The van der Waals surface area contributed by atoms with E-state index >= 15 is 0 Å². The Bertz CT molecular complexity index is 1010. The summed E-state index contributed by atoms with van der Waals surface area (Å²) in [6.07, 6.45) is 0. The summed E-state index contributed by atoms with van der Waals surface area (Å²) < 4.78 is 5.30. The van der Waals surface area contributed by atoms with Crippen LogP contribution in [0.25, 0.3) is 10.8 Å². The molecule has 1 heterocycles. The fourth-order valence-electron chi connectivity index (χ4n) is 4.12. The maximum absolute atomic E-state index is 12.8. The van der Waals surface area contributed by atoms with Gasteiger partial charge in [0.15, 0.2) is 0 Å². The summed E-state index contributed by atoms with van der Waals surface area (Å²) in [7, 11) is 3.57. The molecule has 3 aromatic carbocycles. The predicted molar refractivity (Wildman–Crippen MR) is 125 cm³/mol. The zero-order chi connectivity index (χ0) is 21.6. The summed E-state index contributed by atoms with van der Waals surface area (Å²) in [6.45, 7) is 5.96. The quantitative estimate of drug-likeness (QED) is 0.588. The van der Waals surface area contributed by atoms with Crippen molar-refractivity contribution in [2.45, 2.75) is 13.1 Å². The van der Waals surface area contributed by atoms with E-state index in [1.54, 1.807) is 7.11 Å². The number of carbonyl (C=O) groups is 1. The summed E-state index contributed by atoms with van der Waals surface area (Å²) in [6, 6.07) is 23.0. The van der Waals surface area contributed by atoms with E-state index in [2.05, 4.69) is 64.4 Å². The molecule has 0 radical (unpaired) electrons. The normalized spacial score (nSPS) is 15.2. The Hall–Kier alpha value is -2.89. The third-order valence-corrected chi connectivity index (χ3v) is 6.03. The van der Waals surface area contributed by atoms with Crippen LogP contribution in [0.5, 0.6) is 5.75 Å². The number of fused-ring (bicyclic) bond motifs is 1. The largest absolute Gasteiger partial charge is 0.497 e. The number of carbonyl (C=O) groups excluding carboxylic acids is 1. The van der Waals surface area contributed by atoms with Gasteiger partial charge in [-0.1, -0.05) is 48.5 Å². The van der Waals surface area contributed by atoms with Crippen molar-refractivity contribution in [2.75, 3.05) is 46.9 Å². The smallest absolute Gasteiger partial charge is 0.236 e. The number of ether oxygens (including phenoxy) is 1. The molecule has 0 unspecified atom stereocenters. The second-order valence-corrected chi connectivity index (χ2v) is 8.34. The molecule has 0 aliphatic carbocycles. The van der Waals surface area contributed by atoms with Crippen LogP contribution in [-0.2, 0) is 17.9 Å². The van der Waals surface area contributed by atoms with Crippen molar-refractivity contribution in [2.24, 2.45) is 0 Å². The van der Waals surface area contributed by atoms with E-state index in [9.17, 15) is 4.79 Å². The van der Waals surface area contributed by atoms with Crippen LogP contribution in [0.4, 0.5) is 0 Å². The van der Waals surface area contributed by atoms with E-state index in [1.807, 2.05) is 24.1 Å². The highest BCUT2D eigenvalue weighted by atomic mass is 16.5. The highest BCUT2D eigenvalue weighted by Crippen LogP contribution is 2.22. The van der Waals surface area contributed by atoms with Gasteiger partial charge in [-0.25, -0.2) is 0 Å². The molecule has 1 aliphatic rings. The summed E-state index contributed by atoms with van der Waals surface area (Å²) in [5.74, 6) is 1.03. The minimum atomic E-state index is 0.173. The third kappa shape index (κ3) is 5.63. The molecule has 1 saturated heterocycles. The fraction of sp³-hybridized carbons (Fsp3) is 0.346. The molecule has 0 aromatic heterocycles. The van der Waals surface area contributed by atoms with Crippen molar-refractivity contribution in [1.82, 2.24) is 14.7 Å². The molecule has 0 atom stereocenters. The van der Waals surface area contributed by atoms with Crippen LogP contribution in [0.2, 0.25) is 0 Å². The number of methoxy groups -OCH3 is 1. The van der Waals surface area contributed by atoms with Crippen molar-refractivity contribution < 1.29 is 9.53 Å². The van der Waals surface area contributed by atoms with Crippen molar-refractivity contribution in [3.8, 4) is 5.75 Å². The highest BCUT2D eigenvalue weighted by molar-refractivity contribution is 5.84. The van der Waals surface area contributed by atoms with Crippen LogP contribution in [0.1, 0.15) is 11.1 Å². The maximum Gasteiger partial charge on any atom is 0.236 e. The minimum Gasteiger partial charge on any atom is -0.497 e. The van der Waals surface area contributed by atoms with Gasteiger partial charge in [0, 0.05) is 46.3 Å². The molecule has 31 heavy (non-hydrogen) atoms. The average molecular weight is 418 g/mol. The minimum absolute atomic E-state index is 0.173. The first-order valence-electron chi connectivity index (χ1n) is 10.9. The number of likely N-dealkylation sites (N-methyl/N-ethyl adjacent to an activating group) is 1. The van der Waals surface area contributed by atoms with Gasteiger partial charge in [0.1, 0.15) is 5.75 Å². The molecule has 162 valence electrons. The van der Waals surface area contributed by atoms with E-state index in [0.29, 0.717) is 13.1 Å². The zero-order valence-corrected chi connectivity index (χ0v) is 18.5. The van der Waals surface area contributed by atoms with Gasteiger partial charge in [-0.15, -0.1) is 0 Å². The molecule has 0 bridgehead atoms. The molecule has 5 heteroatoms. The van der Waals surface area contributed by atoms with Crippen LogP contribution in [-0.4, -0.2) is 67.5 Å². The van der Waals surface area contributed by atoms with E-state index in [-0.39, 0.29) is 5.91 Å². The third-order valence-electron chi connectivity index (χ3n) is 6.03. The summed E-state index contributed by atoms with van der Waals surface area (Å²) >= 11 is 0. The number of hydrogen-bond donors (Lipinski definition) is 0. The van der Waals surface area contributed by atoms with E-state index < -0.39 is 0 Å². The Kier molecular flexibility index (Phi) is 6.85. The molecule has 0 N–H and O–H groups in total. The van der Waals surface area contributed by atoms with Crippen molar-refractivity contribution in [1.29, 1.82) is 0 Å². The summed E-state index contributed by atoms with van der Waals surface area (Å²) in [4.78, 5) is 19.4. The van der Waals surface area contributed by atoms with Crippen LogP contribution in [0.15, 0.2) is 66.7 Å². The Morgan fingerprint density at radius 1 is 0.871 bits per heavy atom. The van der Waals surface area contributed by atoms with Gasteiger partial charge in [-0.05, 0) is 40.1 Å². The Balaban J connectivity index is 1.26. The molecule has 0 spiro atoms. The van der Waals surface area contributed by atoms with Crippen molar-refractivity contribution in [3.63, 3.8) is 0 Å². The topological polar surface area (TPSA) is 36.0 Å². The lowest BCUT2D eigenvalue weighted by molar-refractivity contribution is -0.132. The number of amides is 1. The fourth-order valence-corrected chi connectivity index (χ4v) is 4.12. The van der Waals surface area contributed by atoms with Crippen LogP contribution < -0.4 is 4.74 Å². The number of benzene rings is 3. The Morgan fingerprint density at radius 3 is 2.29 bits per heavy atom. The Labute approximate surface area is 184 Å². The van der Waals surface area contributed by atoms with E-state index in [4.69, 9.17) is 4.74 Å². The van der Waals surface area contributed by atoms with Gasteiger partial charge < -0.3 is 9.64 Å². The first kappa shape index (κ1) is 21.3. The van der Waals surface area contributed by atoms with Crippen LogP contribution in [0, 0.1) is 0 Å². The van der Waals surface area contributed by atoms with Gasteiger partial charge >= 0.3 is 0 Å². The van der Waals surface area contributed by atoms with Gasteiger partial charge in [-0.3, -0.25) is 14.6 Å².